The van der Waals surface area contributed by atoms with E-state index in [1.807, 2.05) is 16.8 Å². The molecule has 0 amide bonds. The van der Waals surface area contributed by atoms with Crippen LogP contribution >= 0.6 is 0 Å². The van der Waals surface area contributed by atoms with Crippen LogP contribution in [0.4, 0.5) is 11.6 Å². The Morgan fingerprint density at radius 1 is 1.33 bits per heavy atom. The van der Waals surface area contributed by atoms with Gasteiger partial charge in [0.05, 0.1) is 6.20 Å². The van der Waals surface area contributed by atoms with Gasteiger partial charge >= 0.3 is 0 Å². The Morgan fingerprint density at radius 3 is 2.89 bits per heavy atom. The zero-order chi connectivity index (χ0) is 13.0. The molecule has 0 atom stereocenters. The second kappa shape index (κ2) is 5.71. The Bertz CT molecular complexity index is 503. The van der Waals surface area contributed by atoms with Gasteiger partial charge in [0.25, 0.3) is 0 Å². The lowest BCUT2D eigenvalue weighted by Gasteiger charge is -2.11. The van der Waals surface area contributed by atoms with E-state index in [9.17, 15) is 0 Å². The van der Waals surface area contributed by atoms with Crippen molar-refractivity contribution in [2.75, 3.05) is 23.7 Å². The molecule has 2 heterocycles. The molecular weight excluding hydrogens is 226 g/mol. The molecule has 0 saturated carbocycles. The van der Waals surface area contributed by atoms with Gasteiger partial charge in [0.15, 0.2) is 11.5 Å². The molecule has 0 spiro atoms. The van der Waals surface area contributed by atoms with Gasteiger partial charge in [-0.15, -0.1) is 0 Å². The largest absolute Gasteiger partial charge is 0.369 e. The van der Waals surface area contributed by atoms with Crippen LogP contribution in [-0.4, -0.2) is 27.5 Å². The number of hydrogen-bond acceptors (Lipinski definition) is 4. The first-order valence-corrected chi connectivity index (χ1v) is 6.52. The Morgan fingerprint density at radius 2 is 2.17 bits per heavy atom. The molecule has 18 heavy (non-hydrogen) atoms. The fourth-order valence-electron chi connectivity index (χ4n) is 1.80. The van der Waals surface area contributed by atoms with Gasteiger partial charge in [0.2, 0.25) is 0 Å². The minimum Gasteiger partial charge on any atom is -0.369 e. The van der Waals surface area contributed by atoms with Crippen molar-refractivity contribution in [2.45, 2.75) is 27.2 Å². The fourth-order valence-corrected chi connectivity index (χ4v) is 1.80. The van der Waals surface area contributed by atoms with Gasteiger partial charge in [-0.1, -0.05) is 13.8 Å². The van der Waals surface area contributed by atoms with Crippen molar-refractivity contribution in [1.29, 1.82) is 0 Å². The standard InChI is InChI=1S/C13H21N5/c1-4-14-11-9-18-8-7-16-13(18)12(17-11)15-6-5-10(2)3/h7-10,14H,4-6H2,1-3H3,(H,15,17). The Hall–Kier alpha value is -1.78. The van der Waals surface area contributed by atoms with Gasteiger partial charge in [-0.2, -0.15) is 0 Å². The van der Waals surface area contributed by atoms with Crippen LogP contribution < -0.4 is 10.6 Å². The summed E-state index contributed by atoms with van der Waals surface area (Å²) >= 11 is 0. The number of nitrogens with one attached hydrogen (secondary N) is 2. The van der Waals surface area contributed by atoms with Crippen LogP contribution in [0.3, 0.4) is 0 Å². The van der Waals surface area contributed by atoms with E-state index >= 15 is 0 Å². The first-order valence-electron chi connectivity index (χ1n) is 6.52. The number of hydrogen-bond donors (Lipinski definition) is 2. The van der Waals surface area contributed by atoms with Crippen LogP contribution in [-0.2, 0) is 0 Å². The third kappa shape index (κ3) is 2.91. The smallest absolute Gasteiger partial charge is 0.180 e. The molecule has 0 aliphatic rings. The molecule has 0 bridgehead atoms. The summed E-state index contributed by atoms with van der Waals surface area (Å²) < 4.78 is 1.99. The second-order valence-corrected chi connectivity index (χ2v) is 4.77. The van der Waals surface area contributed by atoms with E-state index in [4.69, 9.17) is 0 Å². The van der Waals surface area contributed by atoms with Gasteiger partial charge < -0.3 is 15.0 Å². The minimum atomic E-state index is 0.685. The Labute approximate surface area is 108 Å². The SMILES string of the molecule is CCNc1cn2ccnc2c(NCCC(C)C)n1. The quantitative estimate of drug-likeness (QED) is 0.824. The van der Waals surface area contributed by atoms with E-state index < -0.39 is 0 Å². The molecule has 98 valence electrons. The van der Waals surface area contributed by atoms with Crippen molar-refractivity contribution in [1.82, 2.24) is 14.4 Å². The molecule has 2 aromatic heterocycles. The maximum absolute atomic E-state index is 4.55. The summed E-state index contributed by atoms with van der Waals surface area (Å²) in [5.74, 6) is 2.40. The molecule has 5 heteroatoms. The van der Waals surface area contributed by atoms with Gasteiger partial charge in [-0.3, -0.25) is 0 Å². The molecule has 0 fully saturated rings. The summed E-state index contributed by atoms with van der Waals surface area (Å²) in [5.41, 5.74) is 0.875. The summed E-state index contributed by atoms with van der Waals surface area (Å²) in [4.78, 5) is 8.88. The molecule has 2 aromatic rings. The average Bonchev–Trinajstić information content (AvgIpc) is 2.77. The molecule has 0 aliphatic carbocycles. The summed E-state index contributed by atoms with van der Waals surface area (Å²) in [5, 5.41) is 6.60. The lowest BCUT2D eigenvalue weighted by molar-refractivity contribution is 0.606. The van der Waals surface area contributed by atoms with E-state index in [0.717, 1.165) is 36.8 Å². The zero-order valence-electron chi connectivity index (χ0n) is 11.3. The van der Waals surface area contributed by atoms with Crippen molar-refractivity contribution < 1.29 is 0 Å². The minimum absolute atomic E-state index is 0.685. The molecule has 0 unspecified atom stereocenters. The molecule has 2 N–H and O–H groups in total. The molecular formula is C13H21N5. The average molecular weight is 247 g/mol. The molecule has 0 saturated heterocycles. The van der Waals surface area contributed by atoms with E-state index in [2.05, 4.69) is 41.4 Å². The predicted molar refractivity (Wildman–Crippen MR) is 75.1 cm³/mol. The van der Waals surface area contributed by atoms with E-state index in [1.54, 1.807) is 6.20 Å². The van der Waals surface area contributed by atoms with E-state index in [0.29, 0.717) is 5.92 Å². The third-order valence-corrected chi connectivity index (χ3v) is 2.75. The molecule has 2 rings (SSSR count). The van der Waals surface area contributed by atoms with Crippen LogP contribution in [0.25, 0.3) is 5.65 Å². The predicted octanol–water partition coefficient (Wildman–Crippen LogP) is 2.62. The first kappa shape index (κ1) is 12.7. The van der Waals surface area contributed by atoms with Gasteiger partial charge in [0, 0.05) is 25.5 Å². The highest BCUT2D eigenvalue weighted by Crippen LogP contribution is 2.16. The van der Waals surface area contributed by atoms with Crippen LogP contribution in [0.1, 0.15) is 27.2 Å². The number of imidazole rings is 1. The second-order valence-electron chi connectivity index (χ2n) is 4.77. The highest BCUT2D eigenvalue weighted by atomic mass is 15.1. The molecule has 0 aromatic carbocycles. The number of aromatic nitrogens is 3. The number of nitrogens with zero attached hydrogens (tertiary/aromatic N) is 3. The highest BCUT2D eigenvalue weighted by molar-refractivity contribution is 5.65. The maximum atomic E-state index is 4.55. The van der Waals surface area contributed by atoms with Gasteiger partial charge in [0.1, 0.15) is 5.82 Å². The van der Waals surface area contributed by atoms with Crippen molar-refractivity contribution in [3.05, 3.63) is 18.6 Å². The molecule has 5 nitrogen and oxygen atoms in total. The maximum Gasteiger partial charge on any atom is 0.180 e. The summed E-state index contributed by atoms with van der Waals surface area (Å²) in [6, 6.07) is 0. The lowest BCUT2D eigenvalue weighted by atomic mass is 10.1. The summed E-state index contributed by atoms with van der Waals surface area (Å²) in [6.07, 6.45) is 6.81. The van der Waals surface area contributed by atoms with E-state index in [-0.39, 0.29) is 0 Å². The lowest BCUT2D eigenvalue weighted by Crippen LogP contribution is -2.10. The van der Waals surface area contributed by atoms with Crippen LogP contribution in [0.5, 0.6) is 0 Å². The first-order chi connectivity index (χ1) is 8.70. The van der Waals surface area contributed by atoms with Crippen molar-refractivity contribution in [3.8, 4) is 0 Å². The van der Waals surface area contributed by atoms with Gasteiger partial charge in [-0.25, -0.2) is 9.97 Å². The van der Waals surface area contributed by atoms with Crippen molar-refractivity contribution >= 4 is 17.3 Å². The van der Waals surface area contributed by atoms with E-state index in [1.165, 1.54) is 0 Å². The summed E-state index contributed by atoms with van der Waals surface area (Å²) in [7, 11) is 0. The monoisotopic (exact) mass is 247 g/mol. The van der Waals surface area contributed by atoms with Crippen molar-refractivity contribution in [2.24, 2.45) is 5.92 Å². The normalized spacial score (nSPS) is 11.1. The Balaban J connectivity index is 2.20. The van der Waals surface area contributed by atoms with Crippen LogP contribution in [0, 0.1) is 5.92 Å². The zero-order valence-corrected chi connectivity index (χ0v) is 11.3. The fraction of sp³-hybridized carbons (Fsp3) is 0.538. The molecule has 0 radical (unpaired) electrons. The Kier molecular flexibility index (Phi) is 4.02. The highest BCUT2D eigenvalue weighted by Gasteiger charge is 2.06. The number of rotatable bonds is 6. The number of anilines is 2. The van der Waals surface area contributed by atoms with Crippen LogP contribution in [0.15, 0.2) is 18.6 Å². The van der Waals surface area contributed by atoms with Gasteiger partial charge in [-0.05, 0) is 19.3 Å². The summed E-state index contributed by atoms with van der Waals surface area (Å²) in [6.45, 7) is 8.28. The van der Waals surface area contributed by atoms with Crippen molar-refractivity contribution in [3.63, 3.8) is 0 Å². The third-order valence-electron chi connectivity index (χ3n) is 2.75. The van der Waals surface area contributed by atoms with Crippen LogP contribution in [0.2, 0.25) is 0 Å². The number of fused-ring (bicyclic) bond motifs is 1. The topological polar surface area (TPSA) is 54.2 Å². The molecule has 0 aliphatic heterocycles.